The molecular weight excluding hydrogens is 192 g/mol. The van der Waals surface area contributed by atoms with E-state index >= 15 is 0 Å². The Balaban J connectivity index is 2.49. The summed E-state index contributed by atoms with van der Waals surface area (Å²) in [6.07, 6.45) is 3.61. The zero-order valence-electron chi connectivity index (χ0n) is 9.58. The minimum atomic E-state index is 0.0744. The normalized spacial score (nSPS) is 22.0. The van der Waals surface area contributed by atoms with Gasteiger partial charge in [0.15, 0.2) is 0 Å². The van der Waals surface area contributed by atoms with E-state index in [-0.39, 0.29) is 17.9 Å². The number of nitrogens with zero attached hydrogens (tertiary/aromatic N) is 1. The number of carbonyl (C=O) groups is 2. The number of carbonyl (C=O) groups excluding carboxylic acids is 2. The highest BCUT2D eigenvalue weighted by Crippen LogP contribution is 2.10. The van der Waals surface area contributed by atoms with E-state index < -0.39 is 0 Å². The van der Waals surface area contributed by atoms with Gasteiger partial charge in [-0.15, -0.1) is 0 Å². The molecule has 0 aliphatic carbocycles. The molecule has 4 heteroatoms. The third-order valence-electron chi connectivity index (χ3n) is 2.80. The number of amides is 2. The van der Waals surface area contributed by atoms with Crippen LogP contribution < -0.4 is 5.32 Å². The van der Waals surface area contributed by atoms with E-state index in [2.05, 4.69) is 5.32 Å². The first kappa shape index (κ1) is 12.0. The van der Waals surface area contributed by atoms with Gasteiger partial charge in [-0.2, -0.15) is 0 Å². The molecule has 1 unspecified atom stereocenters. The zero-order valence-corrected chi connectivity index (χ0v) is 9.58. The summed E-state index contributed by atoms with van der Waals surface area (Å²) in [5.41, 5.74) is 0. The van der Waals surface area contributed by atoms with Gasteiger partial charge in [0, 0.05) is 32.5 Å². The molecule has 0 aromatic rings. The molecule has 0 aromatic carbocycles. The molecule has 15 heavy (non-hydrogen) atoms. The first-order valence-electron chi connectivity index (χ1n) is 5.68. The molecule has 1 atom stereocenters. The summed E-state index contributed by atoms with van der Waals surface area (Å²) in [4.78, 5) is 24.3. The number of hydrogen-bond acceptors (Lipinski definition) is 2. The third kappa shape index (κ3) is 3.90. The first-order chi connectivity index (χ1) is 7.13. The van der Waals surface area contributed by atoms with E-state index in [1.807, 2.05) is 11.8 Å². The van der Waals surface area contributed by atoms with Crippen molar-refractivity contribution >= 4 is 11.8 Å². The van der Waals surface area contributed by atoms with Gasteiger partial charge < -0.3 is 10.2 Å². The van der Waals surface area contributed by atoms with E-state index in [9.17, 15) is 9.59 Å². The van der Waals surface area contributed by atoms with Crippen LogP contribution in [-0.4, -0.2) is 35.8 Å². The summed E-state index contributed by atoms with van der Waals surface area (Å²) >= 11 is 0. The average molecular weight is 212 g/mol. The second-order valence-corrected chi connectivity index (χ2v) is 4.08. The lowest BCUT2D eigenvalue weighted by atomic mass is 10.1. The van der Waals surface area contributed by atoms with Crippen LogP contribution in [0.3, 0.4) is 0 Å². The molecule has 0 saturated carbocycles. The van der Waals surface area contributed by atoms with E-state index in [4.69, 9.17) is 0 Å². The van der Waals surface area contributed by atoms with Crippen molar-refractivity contribution < 1.29 is 9.59 Å². The van der Waals surface area contributed by atoms with Crippen molar-refractivity contribution in [2.24, 2.45) is 0 Å². The highest BCUT2D eigenvalue weighted by molar-refractivity contribution is 5.76. The fourth-order valence-corrected chi connectivity index (χ4v) is 1.88. The Morgan fingerprint density at radius 2 is 2.13 bits per heavy atom. The lowest BCUT2D eigenvalue weighted by molar-refractivity contribution is -0.130. The summed E-state index contributed by atoms with van der Waals surface area (Å²) in [5, 5.41) is 2.96. The molecule has 86 valence electrons. The lowest BCUT2D eigenvalue weighted by Crippen LogP contribution is -2.43. The molecule has 0 aromatic heterocycles. The van der Waals surface area contributed by atoms with Gasteiger partial charge in [-0.05, 0) is 19.3 Å². The van der Waals surface area contributed by atoms with Crippen LogP contribution in [0.1, 0.15) is 39.5 Å². The fourth-order valence-electron chi connectivity index (χ4n) is 1.88. The predicted octanol–water partition coefficient (Wildman–Crippen LogP) is 0.914. The Morgan fingerprint density at radius 3 is 2.73 bits per heavy atom. The molecule has 1 N–H and O–H groups in total. The fraction of sp³-hybridized carbons (Fsp3) is 0.818. The molecule has 2 amide bonds. The maximum absolute atomic E-state index is 11.3. The minimum Gasteiger partial charge on any atom is -0.352 e. The molecule has 0 spiro atoms. The van der Waals surface area contributed by atoms with Crippen molar-refractivity contribution in [2.75, 3.05) is 13.1 Å². The van der Waals surface area contributed by atoms with Crippen molar-refractivity contribution in [3.8, 4) is 0 Å². The summed E-state index contributed by atoms with van der Waals surface area (Å²) in [5.74, 6) is 0.179. The number of hydrogen-bond donors (Lipinski definition) is 1. The Labute approximate surface area is 91.0 Å². The molecule has 1 aliphatic heterocycles. The zero-order chi connectivity index (χ0) is 11.3. The SMILES string of the molecule is CCC(=O)NC1CCCCN(C(C)=O)C1. The average Bonchev–Trinajstić information content (AvgIpc) is 2.43. The minimum absolute atomic E-state index is 0.0744. The third-order valence-corrected chi connectivity index (χ3v) is 2.80. The molecule has 1 heterocycles. The van der Waals surface area contributed by atoms with Crippen molar-refractivity contribution in [1.29, 1.82) is 0 Å². The van der Waals surface area contributed by atoms with Crippen LogP contribution in [0.5, 0.6) is 0 Å². The highest BCUT2D eigenvalue weighted by atomic mass is 16.2. The number of rotatable bonds is 2. The topological polar surface area (TPSA) is 49.4 Å². The Kier molecular flexibility index (Phi) is 4.59. The molecular formula is C11H20N2O2. The van der Waals surface area contributed by atoms with Crippen molar-refractivity contribution in [3.05, 3.63) is 0 Å². The standard InChI is InChI=1S/C11H20N2O2/c1-3-11(15)12-10-6-4-5-7-13(8-10)9(2)14/h10H,3-8H2,1-2H3,(H,12,15). The predicted molar refractivity (Wildman–Crippen MR) is 58.3 cm³/mol. The van der Waals surface area contributed by atoms with E-state index in [0.717, 1.165) is 25.8 Å². The maximum atomic E-state index is 11.3. The Hall–Kier alpha value is -1.06. The highest BCUT2D eigenvalue weighted by Gasteiger charge is 2.20. The Morgan fingerprint density at radius 1 is 1.40 bits per heavy atom. The van der Waals surface area contributed by atoms with Gasteiger partial charge in [-0.25, -0.2) is 0 Å². The summed E-state index contributed by atoms with van der Waals surface area (Å²) in [7, 11) is 0. The van der Waals surface area contributed by atoms with Gasteiger partial charge >= 0.3 is 0 Å². The summed E-state index contributed by atoms with van der Waals surface area (Å²) in [6, 6.07) is 0.142. The number of nitrogens with one attached hydrogen (secondary N) is 1. The molecule has 0 bridgehead atoms. The monoisotopic (exact) mass is 212 g/mol. The van der Waals surface area contributed by atoms with Crippen molar-refractivity contribution in [1.82, 2.24) is 10.2 Å². The molecule has 1 rings (SSSR count). The number of likely N-dealkylation sites (tertiary alicyclic amines) is 1. The van der Waals surface area contributed by atoms with Gasteiger partial charge in [-0.3, -0.25) is 9.59 Å². The largest absolute Gasteiger partial charge is 0.352 e. The lowest BCUT2D eigenvalue weighted by Gasteiger charge is -2.23. The van der Waals surface area contributed by atoms with Crippen LogP contribution >= 0.6 is 0 Å². The van der Waals surface area contributed by atoms with Crippen LogP contribution in [0, 0.1) is 0 Å². The molecule has 0 radical (unpaired) electrons. The molecule has 1 fully saturated rings. The second-order valence-electron chi connectivity index (χ2n) is 4.08. The van der Waals surface area contributed by atoms with Gasteiger partial charge in [0.2, 0.25) is 11.8 Å². The van der Waals surface area contributed by atoms with E-state index in [1.54, 1.807) is 6.92 Å². The van der Waals surface area contributed by atoms with Gasteiger partial charge in [0.25, 0.3) is 0 Å². The van der Waals surface area contributed by atoms with Crippen LogP contribution in [0.4, 0.5) is 0 Å². The first-order valence-corrected chi connectivity index (χ1v) is 5.68. The summed E-state index contributed by atoms with van der Waals surface area (Å²) < 4.78 is 0. The van der Waals surface area contributed by atoms with Crippen LogP contribution in [-0.2, 0) is 9.59 Å². The van der Waals surface area contributed by atoms with Crippen molar-refractivity contribution in [3.63, 3.8) is 0 Å². The smallest absolute Gasteiger partial charge is 0.219 e. The second kappa shape index (κ2) is 5.73. The Bertz CT molecular complexity index is 241. The van der Waals surface area contributed by atoms with Crippen LogP contribution in [0.2, 0.25) is 0 Å². The quantitative estimate of drug-likeness (QED) is 0.739. The van der Waals surface area contributed by atoms with Crippen molar-refractivity contribution in [2.45, 2.75) is 45.6 Å². The van der Waals surface area contributed by atoms with Gasteiger partial charge in [0.05, 0.1) is 0 Å². The van der Waals surface area contributed by atoms with Gasteiger partial charge in [-0.1, -0.05) is 6.92 Å². The molecule has 1 aliphatic rings. The molecule has 1 saturated heterocycles. The van der Waals surface area contributed by atoms with Crippen LogP contribution in [0.15, 0.2) is 0 Å². The summed E-state index contributed by atoms with van der Waals surface area (Å²) in [6.45, 7) is 4.92. The maximum Gasteiger partial charge on any atom is 0.219 e. The van der Waals surface area contributed by atoms with E-state index in [0.29, 0.717) is 13.0 Å². The van der Waals surface area contributed by atoms with Crippen LogP contribution in [0.25, 0.3) is 0 Å². The van der Waals surface area contributed by atoms with Gasteiger partial charge in [0.1, 0.15) is 0 Å². The molecule has 4 nitrogen and oxygen atoms in total. The van der Waals surface area contributed by atoms with E-state index in [1.165, 1.54) is 0 Å².